The van der Waals surface area contributed by atoms with Crippen LogP contribution in [0.4, 0.5) is 0 Å². The van der Waals surface area contributed by atoms with Crippen LogP contribution >= 0.6 is 0 Å². The Bertz CT molecular complexity index is 884. The van der Waals surface area contributed by atoms with E-state index in [0.29, 0.717) is 12.5 Å². The number of unbranched alkanes of at least 4 members (excludes halogenated alkanes) is 1. The highest BCUT2D eigenvalue weighted by molar-refractivity contribution is 5.73. The molecule has 1 rings (SSSR count). The fourth-order valence-electron chi connectivity index (χ4n) is 5.16. The lowest BCUT2D eigenvalue weighted by molar-refractivity contribution is -0.149. The molecule has 0 saturated heterocycles. The summed E-state index contributed by atoms with van der Waals surface area (Å²) in [7, 11) is 0. The van der Waals surface area contributed by atoms with Gasteiger partial charge in [0.25, 0.3) is 0 Å². The topological polar surface area (TPSA) is 26.3 Å². The van der Waals surface area contributed by atoms with E-state index in [4.69, 9.17) is 4.74 Å². The molecule has 0 heterocycles. The molecule has 0 aliphatic heterocycles. The van der Waals surface area contributed by atoms with Crippen molar-refractivity contribution in [3.05, 3.63) is 70.4 Å². The minimum atomic E-state index is 0.00857. The molecule has 2 atom stereocenters. The van der Waals surface area contributed by atoms with E-state index in [1.54, 1.807) is 0 Å². The van der Waals surface area contributed by atoms with Crippen molar-refractivity contribution in [3.8, 4) is 0 Å². The van der Waals surface area contributed by atoms with Crippen molar-refractivity contribution in [1.82, 2.24) is 0 Å². The molecule has 2 heteroatoms. The van der Waals surface area contributed by atoms with Gasteiger partial charge in [0.2, 0.25) is 0 Å². The van der Waals surface area contributed by atoms with E-state index in [0.717, 1.165) is 89.9 Å². The first-order chi connectivity index (χ1) is 18.6. The van der Waals surface area contributed by atoms with Gasteiger partial charge in [-0.1, -0.05) is 83.7 Å². The molecule has 0 fully saturated rings. The average Bonchev–Trinajstić information content (AvgIpc) is 2.87. The van der Waals surface area contributed by atoms with E-state index in [-0.39, 0.29) is 11.9 Å². The zero-order valence-corrected chi connectivity index (χ0v) is 26.7. The summed E-state index contributed by atoms with van der Waals surface area (Å²) in [4.78, 5) is 12.9. The lowest BCUT2D eigenvalue weighted by Gasteiger charge is -2.28. The number of carbonyl (C=O) groups is 1. The Balaban J connectivity index is 2.66. The Labute approximate surface area is 242 Å². The molecule has 0 unspecified atom stereocenters. The molecule has 2 nitrogen and oxygen atoms in total. The van der Waals surface area contributed by atoms with Crippen molar-refractivity contribution in [2.24, 2.45) is 11.8 Å². The molecule has 0 aromatic heterocycles. The van der Waals surface area contributed by atoms with Gasteiger partial charge in [0.15, 0.2) is 0 Å². The summed E-state index contributed by atoms with van der Waals surface area (Å²) in [6.07, 6.45) is 26.6. The lowest BCUT2D eigenvalue weighted by Crippen LogP contribution is -2.25. The Hall–Kier alpha value is -2.09. The molecule has 0 N–H and O–H groups in total. The summed E-state index contributed by atoms with van der Waals surface area (Å²) in [5, 5.41) is 0. The molecule has 0 aromatic carbocycles. The van der Waals surface area contributed by atoms with Gasteiger partial charge < -0.3 is 4.74 Å². The quantitative estimate of drug-likeness (QED) is 0.0932. The number of hydrogen-bond donors (Lipinski definition) is 0. The van der Waals surface area contributed by atoms with Crippen molar-refractivity contribution in [2.45, 2.75) is 138 Å². The molecule has 220 valence electrons. The molecule has 0 radical (unpaired) electrons. The smallest absolute Gasteiger partial charge is 0.309 e. The predicted molar refractivity (Wildman–Crippen MR) is 172 cm³/mol. The summed E-state index contributed by atoms with van der Waals surface area (Å²) < 4.78 is 5.66. The summed E-state index contributed by atoms with van der Waals surface area (Å²) >= 11 is 0. The number of allylic oxidation sites excluding steroid dienone is 11. The van der Waals surface area contributed by atoms with Crippen molar-refractivity contribution in [1.29, 1.82) is 0 Å². The number of rotatable bonds is 19. The molecule has 1 aliphatic carbocycles. The molecule has 0 saturated carbocycles. The van der Waals surface area contributed by atoms with Crippen molar-refractivity contribution in [2.75, 3.05) is 6.61 Å². The number of carbonyl (C=O) groups excluding carboxylic acids is 1. The van der Waals surface area contributed by atoms with Crippen LogP contribution in [0.3, 0.4) is 0 Å². The minimum absolute atomic E-state index is 0.00857. The highest BCUT2D eigenvalue weighted by atomic mass is 16.5. The van der Waals surface area contributed by atoms with E-state index in [1.165, 1.54) is 33.4 Å². The van der Waals surface area contributed by atoms with Crippen molar-refractivity contribution >= 4 is 5.97 Å². The van der Waals surface area contributed by atoms with Crippen LogP contribution in [0.5, 0.6) is 0 Å². The lowest BCUT2D eigenvalue weighted by atomic mass is 9.78. The highest BCUT2D eigenvalue weighted by Gasteiger charge is 2.28. The third-order valence-electron chi connectivity index (χ3n) is 7.64. The summed E-state index contributed by atoms with van der Waals surface area (Å²) in [5.41, 5.74) is 8.51. The standard InChI is InChI=1S/C37H60O2/c1-9-10-25-39-37(38)36-27-34(22-14-21-32(7)18-12-16-30(4)5)26-35(28-36)24-23-33(8)20-13-19-31(6)17-11-15-29(2)3/h15-16,19,21,26,35-36H,8-14,17-18,20,22-25,27-28H2,1-7H3/b31-19+,32-21+/t35-,36+/m0/s1. The van der Waals surface area contributed by atoms with Crippen LogP contribution in [0.1, 0.15) is 138 Å². The summed E-state index contributed by atoms with van der Waals surface area (Å²) in [6.45, 7) is 20.2. The van der Waals surface area contributed by atoms with Gasteiger partial charge in [-0.3, -0.25) is 4.79 Å². The van der Waals surface area contributed by atoms with Gasteiger partial charge in [0.05, 0.1) is 12.5 Å². The zero-order valence-electron chi connectivity index (χ0n) is 26.7. The number of hydrogen-bond acceptors (Lipinski definition) is 2. The Kier molecular flexibility index (Phi) is 18.6. The van der Waals surface area contributed by atoms with Gasteiger partial charge in [-0.15, -0.1) is 0 Å². The maximum absolute atomic E-state index is 12.9. The van der Waals surface area contributed by atoms with Crippen molar-refractivity contribution < 1.29 is 9.53 Å². The maximum atomic E-state index is 12.9. The van der Waals surface area contributed by atoms with Crippen molar-refractivity contribution in [3.63, 3.8) is 0 Å². The SMILES string of the molecule is C=C(CC/C=C(\C)CCC=C(C)C)CC[C@H]1C=C(CC/C=C(\C)CCC=C(C)C)C[C@@H](C(=O)OCCCC)C1. The van der Waals surface area contributed by atoms with Crippen LogP contribution in [-0.2, 0) is 9.53 Å². The third kappa shape index (κ3) is 18.0. The number of ether oxygens (including phenoxy) is 1. The van der Waals surface area contributed by atoms with E-state index in [1.807, 2.05) is 0 Å². The van der Waals surface area contributed by atoms with Crippen LogP contribution in [0.2, 0.25) is 0 Å². The van der Waals surface area contributed by atoms with Gasteiger partial charge in [-0.05, 0) is 131 Å². The minimum Gasteiger partial charge on any atom is -0.465 e. The Morgan fingerprint density at radius 1 is 0.872 bits per heavy atom. The molecule has 0 spiro atoms. The maximum Gasteiger partial charge on any atom is 0.309 e. The van der Waals surface area contributed by atoms with Gasteiger partial charge in [0, 0.05) is 0 Å². The van der Waals surface area contributed by atoms with Crippen LogP contribution in [0, 0.1) is 11.8 Å². The van der Waals surface area contributed by atoms with Crippen LogP contribution < -0.4 is 0 Å². The monoisotopic (exact) mass is 536 g/mol. The molecule has 0 bridgehead atoms. The van der Waals surface area contributed by atoms with Gasteiger partial charge in [-0.25, -0.2) is 0 Å². The van der Waals surface area contributed by atoms with E-state index in [2.05, 4.69) is 85.4 Å². The van der Waals surface area contributed by atoms with E-state index >= 15 is 0 Å². The number of esters is 1. The third-order valence-corrected chi connectivity index (χ3v) is 7.64. The first-order valence-corrected chi connectivity index (χ1v) is 15.7. The normalized spacial score (nSPS) is 17.9. The van der Waals surface area contributed by atoms with E-state index < -0.39 is 0 Å². The fraction of sp³-hybridized carbons (Fsp3) is 0.649. The largest absolute Gasteiger partial charge is 0.465 e. The fourth-order valence-corrected chi connectivity index (χ4v) is 5.16. The summed E-state index contributed by atoms with van der Waals surface area (Å²) in [6, 6.07) is 0. The van der Waals surface area contributed by atoms with Crippen LogP contribution in [0.25, 0.3) is 0 Å². The first kappa shape index (κ1) is 34.9. The summed E-state index contributed by atoms with van der Waals surface area (Å²) in [5.74, 6) is 0.465. The Morgan fingerprint density at radius 3 is 2.05 bits per heavy atom. The second-order valence-corrected chi connectivity index (χ2v) is 12.4. The molecular weight excluding hydrogens is 476 g/mol. The molecular formula is C37H60O2. The first-order valence-electron chi connectivity index (χ1n) is 15.7. The molecule has 0 amide bonds. The second kappa shape index (κ2) is 20.8. The highest BCUT2D eigenvalue weighted by Crippen LogP contribution is 2.35. The molecule has 1 aliphatic rings. The molecule has 39 heavy (non-hydrogen) atoms. The van der Waals surface area contributed by atoms with Gasteiger partial charge in [-0.2, -0.15) is 0 Å². The Morgan fingerprint density at radius 2 is 1.46 bits per heavy atom. The average molecular weight is 537 g/mol. The van der Waals surface area contributed by atoms with E-state index in [9.17, 15) is 4.79 Å². The van der Waals surface area contributed by atoms with Crippen LogP contribution in [0.15, 0.2) is 70.4 Å². The second-order valence-electron chi connectivity index (χ2n) is 12.4. The molecule has 0 aromatic rings. The van der Waals surface area contributed by atoms with Gasteiger partial charge in [0.1, 0.15) is 0 Å². The van der Waals surface area contributed by atoms with Gasteiger partial charge >= 0.3 is 5.97 Å². The predicted octanol–water partition coefficient (Wildman–Crippen LogP) is 11.6. The zero-order chi connectivity index (χ0) is 29.0. The van der Waals surface area contributed by atoms with Crippen LogP contribution in [-0.4, -0.2) is 12.6 Å².